The molecule has 0 unspecified atom stereocenters. The van der Waals surface area contributed by atoms with Gasteiger partial charge < -0.3 is 5.43 Å². The zero-order chi connectivity index (χ0) is 13.1. The van der Waals surface area contributed by atoms with E-state index in [2.05, 4.69) is 15.4 Å². The second-order valence-corrected chi connectivity index (χ2v) is 4.79. The normalized spacial score (nSPS) is 17.0. The predicted octanol–water partition coefficient (Wildman–Crippen LogP) is 1.78. The topological polar surface area (TPSA) is 76.2 Å². The van der Waals surface area contributed by atoms with Gasteiger partial charge in [0.1, 0.15) is 5.84 Å². The van der Waals surface area contributed by atoms with Crippen molar-refractivity contribution in [2.75, 3.05) is 0 Å². The lowest BCUT2D eigenvalue weighted by Gasteiger charge is -2.11. The van der Waals surface area contributed by atoms with Gasteiger partial charge in [-0.3, -0.25) is 15.0 Å². The van der Waals surface area contributed by atoms with Gasteiger partial charge in [0, 0.05) is 18.0 Å². The molecule has 2 aromatic rings. The number of hydrogen-bond donors (Lipinski definition) is 2. The molecule has 0 amide bonds. The van der Waals surface area contributed by atoms with Crippen molar-refractivity contribution >= 4 is 16.9 Å². The number of para-hydroxylation sites is 1. The number of rotatable bonds is 2. The number of aromatic nitrogens is 2. The maximum absolute atomic E-state index is 5.64. The Bertz CT molecular complexity index is 596. The zero-order valence-corrected chi connectivity index (χ0v) is 10.7. The van der Waals surface area contributed by atoms with E-state index in [0.29, 0.717) is 11.9 Å². The van der Waals surface area contributed by atoms with E-state index in [4.69, 9.17) is 10.8 Å². The van der Waals surface area contributed by atoms with Crippen molar-refractivity contribution in [3.8, 4) is 0 Å². The van der Waals surface area contributed by atoms with Gasteiger partial charge in [-0.05, 0) is 25.0 Å². The SMILES string of the molecule is NNC(=NC1CCCC1)c1cccc2nccnc12. The standard InChI is InChI=1S/C14H17N5/c15-19-14(18-10-4-1-2-5-10)11-6-3-7-12-13(11)17-9-8-16-12/h3,6-10H,1-2,4-5,15H2,(H,18,19). The summed E-state index contributed by atoms with van der Waals surface area (Å²) in [7, 11) is 0. The molecule has 1 heterocycles. The zero-order valence-electron chi connectivity index (χ0n) is 10.7. The first-order chi connectivity index (χ1) is 9.38. The van der Waals surface area contributed by atoms with Gasteiger partial charge in [0.25, 0.3) is 0 Å². The van der Waals surface area contributed by atoms with Gasteiger partial charge in [0.15, 0.2) is 0 Å². The Morgan fingerprint density at radius 1 is 1.21 bits per heavy atom. The summed E-state index contributed by atoms with van der Waals surface area (Å²) in [6.07, 6.45) is 8.16. The third kappa shape index (κ3) is 2.42. The van der Waals surface area contributed by atoms with Crippen LogP contribution in [0.4, 0.5) is 0 Å². The van der Waals surface area contributed by atoms with Crippen LogP contribution in [0.5, 0.6) is 0 Å². The van der Waals surface area contributed by atoms with E-state index >= 15 is 0 Å². The molecule has 1 aromatic heterocycles. The van der Waals surface area contributed by atoms with Gasteiger partial charge >= 0.3 is 0 Å². The van der Waals surface area contributed by atoms with Crippen LogP contribution in [0.3, 0.4) is 0 Å². The molecule has 5 nitrogen and oxygen atoms in total. The average Bonchev–Trinajstić information content (AvgIpc) is 2.97. The molecule has 0 spiro atoms. The van der Waals surface area contributed by atoms with Crippen molar-refractivity contribution in [3.05, 3.63) is 36.2 Å². The van der Waals surface area contributed by atoms with Crippen molar-refractivity contribution in [1.29, 1.82) is 0 Å². The maximum Gasteiger partial charge on any atom is 0.145 e. The molecule has 3 N–H and O–H groups in total. The van der Waals surface area contributed by atoms with Crippen LogP contribution in [0.2, 0.25) is 0 Å². The van der Waals surface area contributed by atoms with Gasteiger partial charge in [0.2, 0.25) is 0 Å². The van der Waals surface area contributed by atoms with Crippen molar-refractivity contribution in [2.45, 2.75) is 31.7 Å². The van der Waals surface area contributed by atoms with Crippen molar-refractivity contribution in [1.82, 2.24) is 15.4 Å². The number of benzene rings is 1. The minimum absolute atomic E-state index is 0.373. The van der Waals surface area contributed by atoms with Crippen molar-refractivity contribution in [2.24, 2.45) is 10.8 Å². The highest BCUT2D eigenvalue weighted by Gasteiger charge is 2.16. The van der Waals surface area contributed by atoms with Crippen LogP contribution in [0.15, 0.2) is 35.6 Å². The fraction of sp³-hybridized carbons (Fsp3) is 0.357. The average molecular weight is 255 g/mol. The van der Waals surface area contributed by atoms with Gasteiger partial charge in [-0.15, -0.1) is 0 Å². The van der Waals surface area contributed by atoms with Crippen LogP contribution in [-0.4, -0.2) is 21.8 Å². The minimum atomic E-state index is 0.373. The van der Waals surface area contributed by atoms with Gasteiger partial charge in [-0.25, -0.2) is 5.84 Å². The molecule has 0 aliphatic heterocycles. The van der Waals surface area contributed by atoms with Crippen LogP contribution in [0.25, 0.3) is 11.0 Å². The molecular weight excluding hydrogens is 238 g/mol. The van der Waals surface area contributed by atoms with Crippen LogP contribution in [-0.2, 0) is 0 Å². The predicted molar refractivity (Wildman–Crippen MR) is 75.7 cm³/mol. The molecular formula is C14H17N5. The Hall–Kier alpha value is -2.01. The second-order valence-electron chi connectivity index (χ2n) is 4.79. The van der Waals surface area contributed by atoms with E-state index in [1.165, 1.54) is 12.8 Å². The molecule has 19 heavy (non-hydrogen) atoms. The molecule has 0 radical (unpaired) electrons. The lowest BCUT2D eigenvalue weighted by molar-refractivity contribution is 0.701. The quantitative estimate of drug-likeness (QED) is 0.371. The Kier molecular flexibility index (Phi) is 3.37. The highest BCUT2D eigenvalue weighted by Crippen LogP contribution is 2.22. The van der Waals surface area contributed by atoms with Crippen LogP contribution in [0.1, 0.15) is 31.2 Å². The van der Waals surface area contributed by atoms with Crippen molar-refractivity contribution in [3.63, 3.8) is 0 Å². The molecule has 1 aliphatic rings. The Morgan fingerprint density at radius 3 is 2.79 bits per heavy atom. The monoisotopic (exact) mass is 255 g/mol. The maximum atomic E-state index is 5.64. The smallest absolute Gasteiger partial charge is 0.145 e. The van der Waals surface area contributed by atoms with E-state index in [1.807, 2.05) is 18.2 Å². The Balaban J connectivity index is 2.05. The summed E-state index contributed by atoms with van der Waals surface area (Å²) in [5, 5.41) is 0. The second kappa shape index (κ2) is 5.32. The molecule has 0 bridgehead atoms. The highest BCUT2D eigenvalue weighted by atomic mass is 15.3. The minimum Gasteiger partial charge on any atom is -0.308 e. The summed E-state index contributed by atoms with van der Waals surface area (Å²) in [5.74, 6) is 6.35. The van der Waals surface area contributed by atoms with Crippen LogP contribution in [0, 0.1) is 0 Å². The van der Waals surface area contributed by atoms with Gasteiger partial charge in [0.05, 0.1) is 17.1 Å². The van der Waals surface area contributed by atoms with E-state index in [1.54, 1.807) is 12.4 Å². The molecule has 0 atom stereocenters. The number of fused-ring (bicyclic) bond motifs is 1. The summed E-state index contributed by atoms with van der Waals surface area (Å²) < 4.78 is 0. The number of aliphatic imine (C=N–C) groups is 1. The molecule has 1 fully saturated rings. The van der Waals surface area contributed by atoms with E-state index in [0.717, 1.165) is 29.4 Å². The fourth-order valence-electron chi connectivity index (χ4n) is 2.58. The first-order valence-corrected chi connectivity index (χ1v) is 6.63. The van der Waals surface area contributed by atoms with Gasteiger partial charge in [-0.1, -0.05) is 18.9 Å². The third-order valence-electron chi connectivity index (χ3n) is 3.53. The number of hydrazine groups is 1. The van der Waals surface area contributed by atoms with Gasteiger partial charge in [-0.2, -0.15) is 0 Å². The fourth-order valence-corrected chi connectivity index (χ4v) is 2.58. The molecule has 1 saturated carbocycles. The summed E-state index contributed by atoms with van der Waals surface area (Å²) >= 11 is 0. The molecule has 1 aliphatic carbocycles. The first kappa shape index (κ1) is 12.0. The summed E-state index contributed by atoms with van der Waals surface area (Å²) in [5.41, 5.74) is 5.33. The molecule has 1 aromatic carbocycles. The Morgan fingerprint density at radius 2 is 2.00 bits per heavy atom. The molecule has 0 saturated heterocycles. The van der Waals surface area contributed by atoms with E-state index in [9.17, 15) is 0 Å². The van der Waals surface area contributed by atoms with Crippen LogP contribution >= 0.6 is 0 Å². The number of nitrogens with zero attached hydrogens (tertiary/aromatic N) is 3. The molecule has 98 valence electrons. The number of nitrogens with one attached hydrogen (secondary N) is 1. The Labute approximate surface area is 111 Å². The summed E-state index contributed by atoms with van der Waals surface area (Å²) in [6, 6.07) is 6.24. The number of hydrogen-bond acceptors (Lipinski definition) is 4. The molecule has 3 rings (SSSR count). The number of amidine groups is 1. The lowest BCUT2D eigenvalue weighted by Crippen LogP contribution is -2.32. The highest BCUT2D eigenvalue weighted by molar-refractivity contribution is 6.07. The van der Waals surface area contributed by atoms with E-state index < -0.39 is 0 Å². The summed E-state index contributed by atoms with van der Waals surface area (Å²) in [6.45, 7) is 0. The van der Waals surface area contributed by atoms with Crippen LogP contribution < -0.4 is 11.3 Å². The lowest BCUT2D eigenvalue weighted by atomic mass is 10.1. The summed E-state index contributed by atoms with van der Waals surface area (Å²) in [4.78, 5) is 13.4. The number of nitrogens with two attached hydrogens (primary N) is 1. The largest absolute Gasteiger partial charge is 0.308 e. The molecule has 5 heteroatoms. The first-order valence-electron chi connectivity index (χ1n) is 6.63. The van der Waals surface area contributed by atoms with E-state index in [-0.39, 0.29) is 0 Å². The third-order valence-corrected chi connectivity index (χ3v) is 3.53. The van der Waals surface area contributed by atoms with Crippen molar-refractivity contribution < 1.29 is 0 Å².